The Kier molecular flexibility index (Phi) is 3.83. The number of aromatic carboxylic acids is 1. The summed E-state index contributed by atoms with van der Waals surface area (Å²) in [4.78, 5) is 23.2. The maximum Gasteiger partial charge on any atom is 0.337 e. The van der Waals surface area contributed by atoms with Crippen molar-refractivity contribution in [2.45, 2.75) is 13.3 Å². The summed E-state index contributed by atoms with van der Waals surface area (Å²) in [6.45, 7) is 1.98. The molecule has 0 bridgehead atoms. The lowest BCUT2D eigenvalue weighted by molar-refractivity contribution is -0.117. The monoisotopic (exact) mass is 279 g/mol. The second-order valence-electron chi connectivity index (χ2n) is 4.87. The van der Waals surface area contributed by atoms with Crippen molar-refractivity contribution in [2.75, 3.05) is 19.5 Å². The van der Waals surface area contributed by atoms with Crippen molar-refractivity contribution >= 4 is 17.6 Å². The van der Waals surface area contributed by atoms with Crippen molar-refractivity contribution in [1.29, 1.82) is 0 Å². The molecular weight excluding hydrogens is 262 g/mol. The zero-order valence-electron chi connectivity index (χ0n) is 11.6. The lowest BCUT2D eigenvalue weighted by Gasteiger charge is -2.13. The molecule has 1 aliphatic carbocycles. The molecule has 1 amide bonds. The Morgan fingerprint density at radius 3 is 2.25 bits per heavy atom. The van der Waals surface area contributed by atoms with E-state index in [0.717, 1.165) is 6.42 Å². The molecule has 2 rings (SSSR count). The average Bonchev–Trinajstić information content (AvgIpc) is 3.15. The van der Waals surface area contributed by atoms with E-state index in [4.69, 9.17) is 9.47 Å². The quantitative estimate of drug-likeness (QED) is 0.861. The highest BCUT2D eigenvalue weighted by Crippen LogP contribution is 2.39. The summed E-state index contributed by atoms with van der Waals surface area (Å²) < 4.78 is 10.2. The molecule has 1 fully saturated rings. The van der Waals surface area contributed by atoms with E-state index in [-0.39, 0.29) is 23.1 Å². The molecule has 0 aliphatic heterocycles. The first-order valence-electron chi connectivity index (χ1n) is 6.28. The van der Waals surface area contributed by atoms with Crippen LogP contribution in [-0.4, -0.2) is 31.2 Å². The Morgan fingerprint density at radius 1 is 1.25 bits per heavy atom. The predicted octanol–water partition coefficient (Wildman–Crippen LogP) is 2.00. The van der Waals surface area contributed by atoms with Crippen molar-refractivity contribution in [1.82, 2.24) is 0 Å². The summed E-state index contributed by atoms with van der Waals surface area (Å²) in [5.41, 5.74) is 0.198. The van der Waals surface area contributed by atoms with Crippen molar-refractivity contribution in [3.05, 3.63) is 17.7 Å². The zero-order chi connectivity index (χ0) is 14.9. The van der Waals surface area contributed by atoms with Gasteiger partial charge in [-0.05, 0) is 12.3 Å². The van der Waals surface area contributed by atoms with E-state index in [1.807, 2.05) is 6.92 Å². The number of anilines is 1. The number of carbonyl (C=O) groups excluding carboxylic acids is 1. The molecule has 1 aliphatic rings. The normalized spacial score (nSPS) is 20.1. The van der Waals surface area contributed by atoms with Crippen molar-refractivity contribution in [3.8, 4) is 11.5 Å². The van der Waals surface area contributed by atoms with Gasteiger partial charge in [0.1, 0.15) is 0 Å². The summed E-state index contributed by atoms with van der Waals surface area (Å²) >= 11 is 0. The molecule has 0 spiro atoms. The number of carboxylic acids is 1. The lowest BCUT2D eigenvalue weighted by atomic mass is 10.1. The molecule has 0 aromatic heterocycles. The first kappa shape index (κ1) is 14.2. The van der Waals surface area contributed by atoms with E-state index in [1.54, 1.807) is 0 Å². The molecule has 1 aromatic carbocycles. The zero-order valence-corrected chi connectivity index (χ0v) is 11.6. The molecule has 108 valence electrons. The first-order chi connectivity index (χ1) is 9.47. The minimum absolute atomic E-state index is 0.0238. The van der Waals surface area contributed by atoms with Crippen LogP contribution >= 0.6 is 0 Å². The molecule has 0 saturated heterocycles. The topological polar surface area (TPSA) is 84.9 Å². The van der Waals surface area contributed by atoms with Gasteiger partial charge < -0.3 is 19.9 Å². The van der Waals surface area contributed by atoms with Crippen molar-refractivity contribution in [3.63, 3.8) is 0 Å². The van der Waals surface area contributed by atoms with Gasteiger partial charge >= 0.3 is 5.97 Å². The number of amides is 1. The Hall–Kier alpha value is -2.24. The van der Waals surface area contributed by atoms with E-state index >= 15 is 0 Å². The largest absolute Gasteiger partial charge is 0.493 e. The van der Waals surface area contributed by atoms with Gasteiger partial charge in [0.2, 0.25) is 5.91 Å². The summed E-state index contributed by atoms with van der Waals surface area (Å²) in [7, 11) is 2.88. The first-order valence-corrected chi connectivity index (χ1v) is 6.28. The average molecular weight is 279 g/mol. The molecule has 1 aromatic rings. The van der Waals surface area contributed by atoms with Gasteiger partial charge in [-0.25, -0.2) is 4.79 Å². The highest BCUT2D eigenvalue weighted by molar-refractivity contribution is 6.02. The van der Waals surface area contributed by atoms with Gasteiger partial charge in [-0.3, -0.25) is 4.79 Å². The van der Waals surface area contributed by atoms with Crippen LogP contribution in [0.1, 0.15) is 23.7 Å². The Bertz CT molecular complexity index is 555. The molecule has 1 saturated carbocycles. The second-order valence-corrected chi connectivity index (χ2v) is 4.87. The standard InChI is InChI=1S/C14H17NO5/c1-7-4-8(7)13(16)15-10-6-12(20-3)11(19-2)5-9(10)14(17)18/h5-8H,4H2,1-3H3,(H,15,16)(H,17,18)/t7-,8-/m0/s1. The second kappa shape index (κ2) is 5.40. The van der Waals surface area contributed by atoms with Crippen LogP contribution in [0.4, 0.5) is 5.69 Å². The number of benzene rings is 1. The molecule has 6 heteroatoms. The fourth-order valence-electron chi connectivity index (χ4n) is 2.07. The molecule has 6 nitrogen and oxygen atoms in total. The van der Waals surface area contributed by atoms with Crippen molar-refractivity contribution < 1.29 is 24.2 Å². The number of methoxy groups -OCH3 is 2. The SMILES string of the molecule is COc1cc(NC(=O)[C@H]2C[C@@H]2C)c(C(=O)O)cc1OC. The molecule has 0 heterocycles. The van der Waals surface area contributed by atoms with Crippen LogP contribution in [0.2, 0.25) is 0 Å². The number of carbonyl (C=O) groups is 2. The fourth-order valence-corrected chi connectivity index (χ4v) is 2.07. The highest BCUT2D eigenvalue weighted by Gasteiger charge is 2.39. The van der Waals surface area contributed by atoms with Gasteiger partial charge in [-0.15, -0.1) is 0 Å². The van der Waals surface area contributed by atoms with Crippen LogP contribution in [0, 0.1) is 11.8 Å². The van der Waals surface area contributed by atoms with E-state index in [2.05, 4.69) is 5.32 Å². The molecule has 0 radical (unpaired) electrons. The summed E-state index contributed by atoms with van der Waals surface area (Å²) in [6.07, 6.45) is 0.835. The van der Waals surface area contributed by atoms with E-state index < -0.39 is 5.97 Å². The Labute approximate surface area is 116 Å². The van der Waals surface area contributed by atoms with E-state index in [1.165, 1.54) is 26.4 Å². The van der Waals surface area contributed by atoms with Gasteiger partial charge in [0.05, 0.1) is 25.5 Å². The summed E-state index contributed by atoms with van der Waals surface area (Å²) in [6, 6.07) is 2.81. The number of nitrogens with one attached hydrogen (secondary N) is 1. The molecule has 2 N–H and O–H groups in total. The number of rotatable bonds is 5. The maximum atomic E-state index is 11.9. The van der Waals surface area contributed by atoms with Gasteiger partial charge in [0.15, 0.2) is 11.5 Å². The summed E-state index contributed by atoms with van der Waals surface area (Å²) in [5.74, 6) is -0.301. The van der Waals surface area contributed by atoms with Crippen LogP contribution in [0.5, 0.6) is 11.5 Å². The third-order valence-electron chi connectivity index (χ3n) is 3.46. The van der Waals surface area contributed by atoms with Gasteiger partial charge in [0, 0.05) is 18.1 Å². The third kappa shape index (κ3) is 2.68. The minimum atomic E-state index is -1.13. The smallest absolute Gasteiger partial charge is 0.337 e. The van der Waals surface area contributed by atoms with Crippen molar-refractivity contribution in [2.24, 2.45) is 11.8 Å². The predicted molar refractivity (Wildman–Crippen MR) is 72.4 cm³/mol. The maximum absolute atomic E-state index is 11.9. The van der Waals surface area contributed by atoms with E-state index in [9.17, 15) is 14.7 Å². The van der Waals surface area contributed by atoms with Crippen LogP contribution in [0.25, 0.3) is 0 Å². The van der Waals surface area contributed by atoms with Crippen LogP contribution in [0.3, 0.4) is 0 Å². The van der Waals surface area contributed by atoms with Gasteiger partial charge in [0.25, 0.3) is 0 Å². The van der Waals surface area contributed by atoms with Crippen LogP contribution in [-0.2, 0) is 4.79 Å². The molecule has 0 unspecified atom stereocenters. The summed E-state index contributed by atoms with van der Waals surface area (Å²) in [5, 5.41) is 11.9. The number of carboxylic acid groups (broad SMARTS) is 1. The third-order valence-corrected chi connectivity index (χ3v) is 3.46. The molecule has 20 heavy (non-hydrogen) atoms. The lowest BCUT2D eigenvalue weighted by Crippen LogP contribution is -2.17. The highest BCUT2D eigenvalue weighted by atomic mass is 16.5. The van der Waals surface area contributed by atoms with Gasteiger partial charge in [-0.2, -0.15) is 0 Å². The van der Waals surface area contributed by atoms with Crippen LogP contribution in [0.15, 0.2) is 12.1 Å². The minimum Gasteiger partial charge on any atom is -0.493 e. The molecule has 2 atom stereocenters. The van der Waals surface area contributed by atoms with Crippen LogP contribution < -0.4 is 14.8 Å². The number of hydrogen-bond donors (Lipinski definition) is 2. The number of hydrogen-bond acceptors (Lipinski definition) is 4. The number of ether oxygens (including phenoxy) is 2. The van der Waals surface area contributed by atoms with E-state index in [0.29, 0.717) is 17.4 Å². The molecular formula is C14H17NO5. The van der Waals surface area contributed by atoms with Gasteiger partial charge in [-0.1, -0.05) is 6.92 Å². The Balaban J connectivity index is 2.34. The Morgan fingerprint density at radius 2 is 1.80 bits per heavy atom. The fraction of sp³-hybridized carbons (Fsp3) is 0.429.